The molecule has 0 aliphatic carbocycles. The zero-order valence-electron chi connectivity index (χ0n) is 10.1. The fourth-order valence-electron chi connectivity index (χ4n) is 1.61. The van der Waals surface area contributed by atoms with Crippen molar-refractivity contribution in [2.24, 2.45) is 0 Å². The Balaban J connectivity index is 2.25. The highest BCUT2D eigenvalue weighted by Gasteiger charge is 2.14. The van der Waals surface area contributed by atoms with Crippen molar-refractivity contribution >= 4 is 17.6 Å². The van der Waals surface area contributed by atoms with Gasteiger partial charge < -0.3 is 15.5 Å². The number of nitrogens with one attached hydrogen (secondary N) is 1. The zero-order valence-corrected chi connectivity index (χ0v) is 10.1. The lowest BCUT2D eigenvalue weighted by Crippen LogP contribution is -2.14. The molecule has 0 radical (unpaired) electrons. The molecular weight excluding hydrogens is 265 g/mol. The summed E-state index contributed by atoms with van der Waals surface area (Å²) in [7, 11) is 0. The molecule has 0 bridgehead atoms. The van der Waals surface area contributed by atoms with E-state index in [-0.39, 0.29) is 16.8 Å². The molecule has 2 aromatic rings. The Labute approximate surface area is 113 Å². The maximum absolute atomic E-state index is 13.4. The largest absolute Gasteiger partial charge is 0.506 e. The lowest BCUT2D eigenvalue weighted by atomic mass is 10.1. The molecule has 0 heterocycles. The van der Waals surface area contributed by atoms with Gasteiger partial charge in [0.25, 0.3) is 5.91 Å². The van der Waals surface area contributed by atoms with Crippen LogP contribution in [0.25, 0.3) is 0 Å². The fourth-order valence-corrected chi connectivity index (χ4v) is 1.61. The third-order valence-electron chi connectivity index (χ3n) is 2.61. The second kappa shape index (κ2) is 5.40. The van der Waals surface area contributed by atoms with E-state index in [1.165, 1.54) is 30.3 Å². The highest BCUT2D eigenvalue weighted by Crippen LogP contribution is 2.25. The number of halogens is 1. The van der Waals surface area contributed by atoms with Gasteiger partial charge in [0.05, 0.1) is 16.8 Å². The molecule has 6 heteroatoms. The van der Waals surface area contributed by atoms with Gasteiger partial charge in [-0.25, -0.2) is 9.18 Å². The number of carboxylic acid groups (broad SMARTS) is 1. The van der Waals surface area contributed by atoms with E-state index in [4.69, 9.17) is 5.11 Å². The number of carboxylic acids is 1. The number of amides is 1. The zero-order chi connectivity index (χ0) is 14.7. The van der Waals surface area contributed by atoms with Gasteiger partial charge in [-0.3, -0.25) is 4.79 Å². The van der Waals surface area contributed by atoms with Crippen LogP contribution < -0.4 is 5.32 Å². The van der Waals surface area contributed by atoms with Crippen LogP contribution in [0.4, 0.5) is 10.1 Å². The summed E-state index contributed by atoms with van der Waals surface area (Å²) in [5.74, 6) is -3.03. The lowest BCUT2D eigenvalue weighted by Gasteiger charge is -2.08. The van der Waals surface area contributed by atoms with Crippen molar-refractivity contribution in [1.82, 2.24) is 0 Å². The maximum Gasteiger partial charge on any atom is 0.335 e. The first kappa shape index (κ1) is 13.5. The molecule has 2 rings (SSSR count). The topological polar surface area (TPSA) is 86.6 Å². The first-order chi connectivity index (χ1) is 9.49. The van der Waals surface area contributed by atoms with Gasteiger partial charge in [0, 0.05) is 0 Å². The molecule has 20 heavy (non-hydrogen) atoms. The molecule has 0 aromatic heterocycles. The molecule has 0 saturated carbocycles. The number of anilines is 1. The number of hydrogen-bond donors (Lipinski definition) is 3. The van der Waals surface area contributed by atoms with Crippen LogP contribution in [0.2, 0.25) is 0 Å². The number of phenolic OH excluding ortho intramolecular Hbond substituents is 1. The van der Waals surface area contributed by atoms with Crippen LogP contribution >= 0.6 is 0 Å². The summed E-state index contributed by atoms with van der Waals surface area (Å²) in [6.45, 7) is 0. The lowest BCUT2D eigenvalue weighted by molar-refractivity contribution is 0.0696. The van der Waals surface area contributed by atoms with Crippen LogP contribution in [0, 0.1) is 5.82 Å². The van der Waals surface area contributed by atoms with Crippen molar-refractivity contribution in [3.8, 4) is 5.75 Å². The molecule has 0 aliphatic rings. The molecule has 0 atom stereocenters. The Morgan fingerprint density at radius 1 is 1.10 bits per heavy atom. The third kappa shape index (κ3) is 2.74. The van der Waals surface area contributed by atoms with Gasteiger partial charge in [-0.1, -0.05) is 12.1 Å². The Hall–Kier alpha value is -2.89. The minimum Gasteiger partial charge on any atom is -0.506 e. The smallest absolute Gasteiger partial charge is 0.335 e. The average molecular weight is 275 g/mol. The highest BCUT2D eigenvalue weighted by molar-refractivity contribution is 6.05. The van der Waals surface area contributed by atoms with E-state index in [1.807, 2.05) is 0 Å². The first-order valence-electron chi connectivity index (χ1n) is 5.61. The number of benzene rings is 2. The molecule has 0 saturated heterocycles. The van der Waals surface area contributed by atoms with E-state index < -0.39 is 23.4 Å². The molecule has 5 nitrogen and oxygen atoms in total. The van der Waals surface area contributed by atoms with Gasteiger partial charge in [-0.2, -0.15) is 0 Å². The van der Waals surface area contributed by atoms with Crippen molar-refractivity contribution in [3.05, 3.63) is 59.4 Å². The van der Waals surface area contributed by atoms with Gasteiger partial charge in [0.1, 0.15) is 11.6 Å². The summed E-state index contributed by atoms with van der Waals surface area (Å²) in [5.41, 5.74) is -0.288. The molecule has 102 valence electrons. The maximum atomic E-state index is 13.4. The number of aromatic carboxylic acids is 1. The molecular formula is C14H10FNO4. The number of hydrogen-bond acceptors (Lipinski definition) is 3. The summed E-state index contributed by atoms with van der Waals surface area (Å²) in [4.78, 5) is 22.5. The van der Waals surface area contributed by atoms with Crippen LogP contribution in [-0.4, -0.2) is 22.1 Å². The molecule has 0 fully saturated rings. The second-order valence-corrected chi connectivity index (χ2v) is 3.97. The van der Waals surface area contributed by atoms with Gasteiger partial charge in [-0.05, 0) is 30.3 Å². The predicted octanol–water partition coefficient (Wildman–Crippen LogP) is 2.48. The van der Waals surface area contributed by atoms with Crippen LogP contribution in [-0.2, 0) is 0 Å². The number of carbonyl (C=O) groups excluding carboxylic acids is 1. The van der Waals surface area contributed by atoms with Crippen molar-refractivity contribution in [3.63, 3.8) is 0 Å². The van der Waals surface area contributed by atoms with Crippen LogP contribution in [0.5, 0.6) is 5.75 Å². The quantitative estimate of drug-likeness (QED) is 0.751. The van der Waals surface area contributed by atoms with Crippen molar-refractivity contribution in [2.45, 2.75) is 0 Å². The molecule has 0 spiro atoms. The second-order valence-electron chi connectivity index (χ2n) is 3.97. The minimum absolute atomic E-state index is 0.00301. The van der Waals surface area contributed by atoms with Crippen molar-refractivity contribution < 1.29 is 24.2 Å². The van der Waals surface area contributed by atoms with Crippen LogP contribution in [0.3, 0.4) is 0 Å². The Morgan fingerprint density at radius 2 is 1.80 bits per heavy atom. The highest BCUT2D eigenvalue weighted by atomic mass is 19.1. The normalized spacial score (nSPS) is 10.1. The average Bonchev–Trinajstić information content (AvgIpc) is 2.41. The number of phenols is 1. The summed E-state index contributed by atoms with van der Waals surface area (Å²) in [5, 5.41) is 20.7. The minimum atomic E-state index is -1.20. The molecule has 2 aromatic carbocycles. The van der Waals surface area contributed by atoms with Crippen molar-refractivity contribution in [2.75, 3.05) is 5.32 Å². The van der Waals surface area contributed by atoms with E-state index in [1.54, 1.807) is 0 Å². The Morgan fingerprint density at radius 3 is 2.40 bits per heavy atom. The Kier molecular flexibility index (Phi) is 3.65. The fraction of sp³-hybridized carbons (Fsp3) is 0. The van der Waals surface area contributed by atoms with Crippen LogP contribution in [0.15, 0.2) is 42.5 Å². The van der Waals surface area contributed by atoms with E-state index >= 15 is 0 Å². The number of rotatable bonds is 3. The molecule has 0 aliphatic heterocycles. The van der Waals surface area contributed by atoms with Gasteiger partial charge in [0.15, 0.2) is 0 Å². The SMILES string of the molecule is O=C(O)c1ccc(NC(=O)c2ccccc2F)c(O)c1. The summed E-state index contributed by atoms with van der Waals surface area (Å²) in [6, 6.07) is 8.85. The predicted molar refractivity (Wildman–Crippen MR) is 69.4 cm³/mol. The summed E-state index contributed by atoms with van der Waals surface area (Å²) < 4.78 is 13.4. The Bertz CT molecular complexity index is 685. The molecule has 1 amide bonds. The molecule has 0 unspecified atom stereocenters. The van der Waals surface area contributed by atoms with Gasteiger partial charge in [-0.15, -0.1) is 0 Å². The van der Waals surface area contributed by atoms with Gasteiger partial charge in [0.2, 0.25) is 0 Å². The number of aromatic hydroxyl groups is 1. The number of carbonyl (C=O) groups is 2. The van der Waals surface area contributed by atoms with Crippen molar-refractivity contribution in [1.29, 1.82) is 0 Å². The standard InChI is InChI=1S/C14H10FNO4/c15-10-4-2-1-3-9(10)13(18)16-11-6-5-8(14(19)20)7-12(11)17/h1-7,17H,(H,16,18)(H,19,20). The first-order valence-corrected chi connectivity index (χ1v) is 5.61. The van der Waals surface area contributed by atoms with Crippen LogP contribution in [0.1, 0.15) is 20.7 Å². The van der Waals surface area contributed by atoms with E-state index in [2.05, 4.69) is 5.32 Å². The monoisotopic (exact) mass is 275 g/mol. The van der Waals surface area contributed by atoms with E-state index in [0.29, 0.717) is 0 Å². The summed E-state index contributed by atoms with van der Waals surface area (Å²) in [6.07, 6.45) is 0. The van der Waals surface area contributed by atoms with E-state index in [9.17, 15) is 19.1 Å². The molecule has 3 N–H and O–H groups in total. The van der Waals surface area contributed by atoms with Gasteiger partial charge >= 0.3 is 5.97 Å². The summed E-state index contributed by atoms with van der Waals surface area (Å²) >= 11 is 0. The third-order valence-corrected chi connectivity index (χ3v) is 2.61. The van der Waals surface area contributed by atoms with E-state index in [0.717, 1.165) is 12.1 Å².